The fraction of sp³-hybridized carbons (Fsp3) is 0.583. The van der Waals surface area contributed by atoms with Gasteiger partial charge < -0.3 is 15.2 Å². The highest BCUT2D eigenvalue weighted by atomic mass is 35.5. The number of nitrogens with zero attached hydrogens (tertiary/aromatic N) is 2. The molecule has 0 aliphatic carbocycles. The lowest BCUT2D eigenvalue weighted by Crippen LogP contribution is -2.39. The van der Waals surface area contributed by atoms with E-state index in [2.05, 4.69) is 15.3 Å². The summed E-state index contributed by atoms with van der Waals surface area (Å²) in [5.74, 6) is 1.02. The molecule has 0 unspecified atom stereocenters. The highest BCUT2D eigenvalue weighted by molar-refractivity contribution is 6.32. The lowest BCUT2D eigenvalue weighted by molar-refractivity contribution is -0.119. The van der Waals surface area contributed by atoms with E-state index in [9.17, 15) is 9.59 Å². The van der Waals surface area contributed by atoms with Crippen LogP contribution in [0.15, 0.2) is 11.1 Å². The molecule has 1 saturated heterocycles. The number of piperidine rings is 1. The third-order valence-electron chi connectivity index (χ3n) is 3.33. The lowest BCUT2D eigenvalue weighted by atomic mass is 9.97. The second-order valence-electron chi connectivity index (χ2n) is 4.74. The Balaban J connectivity index is 1.94. The Morgan fingerprint density at radius 3 is 2.89 bits per heavy atom. The number of H-pyrrole nitrogens is 1. The molecular formula is C12H17ClN4O2. The first-order valence-corrected chi connectivity index (χ1v) is 6.68. The van der Waals surface area contributed by atoms with Crippen molar-refractivity contribution in [2.75, 3.05) is 24.5 Å². The van der Waals surface area contributed by atoms with Gasteiger partial charge in [0, 0.05) is 26.6 Å². The van der Waals surface area contributed by atoms with E-state index >= 15 is 0 Å². The van der Waals surface area contributed by atoms with E-state index < -0.39 is 0 Å². The molecule has 7 heteroatoms. The maximum absolute atomic E-state index is 11.4. The third-order valence-corrected chi connectivity index (χ3v) is 3.67. The topological polar surface area (TPSA) is 78.1 Å². The summed E-state index contributed by atoms with van der Waals surface area (Å²) in [5, 5.41) is 2.98. The average Bonchev–Trinajstić information content (AvgIpc) is 2.40. The SMILES string of the molecule is CC(=O)NCC1CCN(c2nc[nH]c(=O)c2Cl)CC1. The summed E-state index contributed by atoms with van der Waals surface area (Å²) in [6, 6.07) is 0. The van der Waals surface area contributed by atoms with Gasteiger partial charge in [-0.1, -0.05) is 11.6 Å². The molecule has 104 valence electrons. The molecule has 19 heavy (non-hydrogen) atoms. The number of aromatic amines is 1. The molecule has 1 amide bonds. The first kappa shape index (κ1) is 13.9. The van der Waals surface area contributed by atoms with Crippen LogP contribution in [0.5, 0.6) is 0 Å². The Labute approximate surface area is 116 Å². The summed E-state index contributed by atoms with van der Waals surface area (Å²) < 4.78 is 0. The van der Waals surface area contributed by atoms with Gasteiger partial charge in [0.15, 0.2) is 5.82 Å². The number of halogens is 1. The second-order valence-corrected chi connectivity index (χ2v) is 5.11. The number of hydrogen-bond acceptors (Lipinski definition) is 4. The monoisotopic (exact) mass is 284 g/mol. The van der Waals surface area contributed by atoms with Crippen molar-refractivity contribution in [1.82, 2.24) is 15.3 Å². The van der Waals surface area contributed by atoms with Crippen molar-refractivity contribution in [2.24, 2.45) is 5.92 Å². The van der Waals surface area contributed by atoms with Gasteiger partial charge >= 0.3 is 0 Å². The van der Waals surface area contributed by atoms with Crippen LogP contribution in [0.3, 0.4) is 0 Å². The van der Waals surface area contributed by atoms with Crippen LogP contribution in [0.25, 0.3) is 0 Å². The van der Waals surface area contributed by atoms with Crippen molar-refractivity contribution in [1.29, 1.82) is 0 Å². The predicted molar refractivity (Wildman–Crippen MR) is 73.5 cm³/mol. The van der Waals surface area contributed by atoms with Gasteiger partial charge in [0.05, 0.1) is 6.33 Å². The quantitative estimate of drug-likeness (QED) is 0.860. The highest BCUT2D eigenvalue weighted by Crippen LogP contribution is 2.24. The van der Waals surface area contributed by atoms with Crippen molar-refractivity contribution in [3.05, 3.63) is 21.7 Å². The highest BCUT2D eigenvalue weighted by Gasteiger charge is 2.22. The first-order chi connectivity index (χ1) is 9.08. The molecule has 0 spiro atoms. The van der Waals surface area contributed by atoms with E-state index in [1.807, 2.05) is 4.90 Å². The van der Waals surface area contributed by atoms with Gasteiger partial charge in [0.2, 0.25) is 5.91 Å². The molecule has 0 aromatic carbocycles. The van der Waals surface area contributed by atoms with Gasteiger partial charge in [0.25, 0.3) is 5.56 Å². The van der Waals surface area contributed by atoms with E-state index in [1.54, 1.807) is 0 Å². The molecule has 0 radical (unpaired) electrons. The Kier molecular flexibility index (Phi) is 4.42. The number of hydrogen-bond donors (Lipinski definition) is 2. The van der Waals surface area contributed by atoms with Crippen molar-refractivity contribution in [3.63, 3.8) is 0 Å². The largest absolute Gasteiger partial charge is 0.356 e. The van der Waals surface area contributed by atoms with Crippen molar-refractivity contribution < 1.29 is 4.79 Å². The minimum atomic E-state index is -0.313. The number of nitrogens with one attached hydrogen (secondary N) is 2. The molecule has 1 aliphatic rings. The normalized spacial score (nSPS) is 16.4. The molecule has 1 aliphatic heterocycles. The van der Waals surface area contributed by atoms with E-state index in [0.29, 0.717) is 18.3 Å². The van der Waals surface area contributed by atoms with Crippen LogP contribution in [0, 0.1) is 5.92 Å². The van der Waals surface area contributed by atoms with Crippen molar-refractivity contribution in [3.8, 4) is 0 Å². The number of anilines is 1. The molecule has 0 bridgehead atoms. The van der Waals surface area contributed by atoms with E-state index in [-0.39, 0.29) is 16.5 Å². The number of amides is 1. The van der Waals surface area contributed by atoms with Crippen molar-refractivity contribution in [2.45, 2.75) is 19.8 Å². The summed E-state index contributed by atoms with van der Waals surface area (Å²) >= 11 is 5.96. The fourth-order valence-corrected chi connectivity index (χ4v) is 2.45. The van der Waals surface area contributed by atoms with Crippen LogP contribution in [0.4, 0.5) is 5.82 Å². The lowest BCUT2D eigenvalue weighted by Gasteiger charge is -2.32. The third kappa shape index (κ3) is 3.47. The number of rotatable bonds is 3. The average molecular weight is 285 g/mol. The Hall–Kier alpha value is -1.56. The standard InChI is InChI=1S/C12H17ClN4O2/c1-8(18)14-6-9-2-4-17(5-3-9)11-10(13)12(19)16-7-15-11/h7,9H,2-6H2,1H3,(H,14,18)(H,15,16,19). The minimum Gasteiger partial charge on any atom is -0.356 e. The van der Waals surface area contributed by atoms with Crippen LogP contribution in [-0.4, -0.2) is 35.5 Å². The molecular weight excluding hydrogens is 268 g/mol. The van der Waals surface area contributed by atoms with Crippen LogP contribution in [0.1, 0.15) is 19.8 Å². The smallest absolute Gasteiger partial charge is 0.271 e. The summed E-state index contributed by atoms with van der Waals surface area (Å²) in [7, 11) is 0. The van der Waals surface area contributed by atoms with Gasteiger partial charge in [-0.05, 0) is 18.8 Å². The zero-order chi connectivity index (χ0) is 13.8. The molecule has 0 saturated carbocycles. The first-order valence-electron chi connectivity index (χ1n) is 6.30. The van der Waals surface area contributed by atoms with Crippen LogP contribution < -0.4 is 15.8 Å². The zero-order valence-corrected chi connectivity index (χ0v) is 11.5. The molecule has 2 heterocycles. The predicted octanol–water partition coefficient (Wildman–Crippen LogP) is 0.776. The second kappa shape index (κ2) is 6.06. The summed E-state index contributed by atoms with van der Waals surface area (Å²) in [6.45, 7) is 3.82. The molecule has 1 aromatic heterocycles. The zero-order valence-electron chi connectivity index (χ0n) is 10.8. The number of aromatic nitrogens is 2. The van der Waals surface area contributed by atoms with Gasteiger partial charge in [-0.3, -0.25) is 9.59 Å². The summed E-state index contributed by atoms with van der Waals surface area (Å²) in [4.78, 5) is 30.9. The van der Waals surface area contributed by atoms with Crippen LogP contribution in [0.2, 0.25) is 5.02 Å². The molecule has 2 rings (SSSR count). The molecule has 1 aromatic rings. The summed E-state index contributed by atoms with van der Waals surface area (Å²) in [6.07, 6.45) is 3.27. The fourth-order valence-electron chi connectivity index (χ4n) is 2.23. The van der Waals surface area contributed by atoms with Gasteiger partial charge in [-0.15, -0.1) is 0 Å². The van der Waals surface area contributed by atoms with E-state index in [4.69, 9.17) is 11.6 Å². The Morgan fingerprint density at radius 2 is 2.26 bits per heavy atom. The van der Waals surface area contributed by atoms with Crippen LogP contribution in [-0.2, 0) is 4.79 Å². The van der Waals surface area contributed by atoms with Crippen LogP contribution >= 0.6 is 11.6 Å². The Bertz CT molecular complexity index is 509. The maximum atomic E-state index is 11.4. The minimum absolute atomic E-state index is 0.00161. The maximum Gasteiger partial charge on any atom is 0.271 e. The van der Waals surface area contributed by atoms with Gasteiger partial charge in [0.1, 0.15) is 5.02 Å². The van der Waals surface area contributed by atoms with Gasteiger partial charge in [-0.2, -0.15) is 0 Å². The number of carbonyl (C=O) groups excluding carboxylic acids is 1. The molecule has 6 nitrogen and oxygen atoms in total. The van der Waals surface area contributed by atoms with E-state index in [1.165, 1.54) is 13.3 Å². The van der Waals surface area contributed by atoms with Gasteiger partial charge in [-0.25, -0.2) is 4.98 Å². The summed E-state index contributed by atoms with van der Waals surface area (Å²) in [5.41, 5.74) is -0.313. The Morgan fingerprint density at radius 1 is 1.58 bits per heavy atom. The van der Waals surface area contributed by atoms with Crippen molar-refractivity contribution >= 4 is 23.3 Å². The van der Waals surface area contributed by atoms with E-state index in [0.717, 1.165) is 25.9 Å². The molecule has 0 atom stereocenters. The molecule has 2 N–H and O–H groups in total. The number of carbonyl (C=O) groups is 1. The molecule has 1 fully saturated rings.